The summed E-state index contributed by atoms with van der Waals surface area (Å²) in [6.45, 7) is 1.19. The van der Waals surface area contributed by atoms with Crippen molar-refractivity contribution in [2.45, 2.75) is 50.0 Å². The molecule has 1 saturated heterocycles. The summed E-state index contributed by atoms with van der Waals surface area (Å²) in [5.41, 5.74) is 1.67. The van der Waals surface area contributed by atoms with Gasteiger partial charge in [0, 0.05) is 23.3 Å². The molecule has 2 aliphatic rings. The lowest BCUT2D eigenvalue weighted by Gasteiger charge is -2.35. The first-order valence-corrected chi connectivity index (χ1v) is 6.57. The van der Waals surface area contributed by atoms with Crippen LogP contribution in [0.1, 0.15) is 44.2 Å². The molecule has 16 heavy (non-hydrogen) atoms. The van der Waals surface area contributed by atoms with Gasteiger partial charge in [-0.1, -0.05) is 18.9 Å². The summed E-state index contributed by atoms with van der Waals surface area (Å²) in [6.07, 6.45) is 9.99. The first-order valence-electron chi connectivity index (χ1n) is 6.57. The number of pyridine rings is 1. The summed E-state index contributed by atoms with van der Waals surface area (Å²) in [7, 11) is 0. The number of rotatable bonds is 2. The van der Waals surface area contributed by atoms with E-state index in [1.54, 1.807) is 0 Å². The average Bonchev–Trinajstić information content (AvgIpc) is 3.02. The summed E-state index contributed by atoms with van der Waals surface area (Å²) in [4.78, 5) is 4.64. The van der Waals surface area contributed by atoms with Crippen LogP contribution in [-0.2, 0) is 5.41 Å². The lowest BCUT2D eigenvalue weighted by Crippen LogP contribution is -2.43. The van der Waals surface area contributed by atoms with Crippen LogP contribution in [0.2, 0.25) is 0 Å². The zero-order valence-corrected chi connectivity index (χ0v) is 9.78. The molecular weight excluding hydrogens is 196 g/mol. The fourth-order valence-corrected chi connectivity index (χ4v) is 3.60. The molecule has 0 amide bonds. The maximum atomic E-state index is 4.64. The Kier molecular flexibility index (Phi) is 2.68. The molecule has 0 radical (unpaired) electrons. The Bertz CT molecular complexity index is 335. The van der Waals surface area contributed by atoms with Crippen LogP contribution in [0, 0.1) is 0 Å². The van der Waals surface area contributed by atoms with Crippen molar-refractivity contribution < 1.29 is 0 Å². The van der Waals surface area contributed by atoms with Crippen molar-refractivity contribution in [2.24, 2.45) is 0 Å². The molecule has 3 rings (SSSR count). The number of nitrogens with one attached hydrogen (secondary N) is 1. The molecule has 1 aromatic rings. The summed E-state index contributed by atoms with van der Waals surface area (Å²) in [5, 5.41) is 3.70. The van der Waals surface area contributed by atoms with Gasteiger partial charge in [0.15, 0.2) is 0 Å². The van der Waals surface area contributed by atoms with Gasteiger partial charge in [-0.2, -0.15) is 0 Å². The molecule has 2 heterocycles. The van der Waals surface area contributed by atoms with Gasteiger partial charge in [-0.3, -0.25) is 4.98 Å². The van der Waals surface area contributed by atoms with E-state index in [2.05, 4.69) is 22.4 Å². The quantitative estimate of drug-likeness (QED) is 0.822. The number of hydrogen-bond acceptors (Lipinski definition) is 2. The molecule has 2 nitrogen and oxygen atoms in total. The molecule has 0 spiro atoms. The molecule has 1 atom stereocenters. The number of aromatic nitrogens is 1. The molecule has 1 saturated carbocycles. The highest BCUT2D eigenvalue weighted by molar-refractivity contribution is 5.23. The predicted octanol–water partition coefficient (Wildman–Crippen LogP) is 2.65. The highest BCUT2D eigenvalue weighted by Gasteiger charge is 2.44. The highest BCUT2D eigenvalue weighted by atomic mass is 15.0. The van der Waals surface area contributed by atoms with Gasteiger partial charge in [-0.15, -0.1) is 0 Å². The number of nitrogens with zero attached hydrogens (tertiary/aromatic N) is 1. The fourth-order valence-electron chi connectivity index (χ4n) is 3.60. The fraction of sp³-hybridized carbons (Fsp3) is 0.643. The molecule has 2 heteroatoms. The highest BCUT2D eigenvalue weighted by Crippen LogP contribution is 2.45. The van der Waals surface area contributed by atoms with Gasteiger partial charge in [0.05, 0.1) is 0 Å². The van der Waals surface area contributed by atoms with Crippen LogP contribution in [0.25, 0.3) is 0 Å². The molecule has 1 aromatic heterocycles. The van der Waals surface area contributed by atoms with Gasteiger partial charge in [0.25, 0.3) is 0 Å². The zero-order chi connectivity index (χ0) is 10.8. The third-order valence-corrected chi connectivity index (χ3v) is 4.40. The van der Waals surface area contributed by atoms with E-state index in [1.165, 1.54) is 50.8 Å². The largest absolute Gasteiger partial charge is 0.313 e. The normalized spacial score (nSPS) is 28.4. The summed E-state index contributed by atoms with van der Waals surface area (Å²) in [5.74, 6) is 0. The average molecular weight is 216 g/mol. The SMILES string of the molecule is c1ccc(C2(C3CCCN3)CCCC2)nc1. The Balaban J connectivity index is 1.96. The summed E-state index contributed by atoms with van der Waals surface area (Å²) < 4.78 is 0. The van der Waals surface area contributed by atoms with Crippen molar-refractivity contribution in [3.63, 3.8) is 0 Å². The van der Waals surface area contributed by atoms with Gasteiger partial charge in [0.2, 0.25) is 0 Å². The first kappa shape index (κ1) is 10.3. The standard InChI is InChI=1S/C14H20N2/c1-4-10-15-12(6-1)14(8-2-3-9-14)13-7-5-11-16-13/h1,4,6,10,13,16H,2-3,5,7-9,11H2. The predicted molar refractivity (Wildman–Crippen MR) is 65.4 cm³/mol. The lowest BCUT2D eigenvalue weighted by atomic mass is 9.74. The monoisotopic (exact) mass is 216 g/mol. The maximum Gasteiger partial charge on any atom is 0.0480 e. The Hall–Kier alpha value is -0.890. The molecule has 1 aliphatic heterocycles. The van der Waals surface area contributed by atoms with Gasteiger partial charge in [-0.25, -0.2) is 0 Å². The van der Waals surface area contributed by atoms with E-state index in [9.17, 15) is 0 Å². The van der Waals surface area contributed by atoms with Crippen LogP contribution >= 0.6 is 0 Å². The number of hydrogen-bond donors (Lipinski definition) is 1. The summed E-state index contributed by atoms with van der Waals surface area (Å²) in [6, 6.07) is 7.06. The van der Waals surface area contributed by atoms with E-state index in [1.807, 2.05) is 12.3 Å². The van der Waals surface area contributed by atoms with Crippen molar-refractivity contribution in [3.05, 3.63) is 30.1 Å². The second-order valence-corrected chi connectivity index (χ2v) is 5.23. The van der Waals surface area contributed by atoms with Gasteiger partial charge in [0.1, 0.15) is 0 Å². The Labute approximate surface area is 97.5 Å². The van der Waals surface area contributed by atoms with Crippen LogP contribution < -0.4 is 5.32 Å². The molecule has 1 aliphatic carbocycles. The van der Waals surface area contributed by atoms with Gasteiger partial charge < -0.3 is 5.32 Å². The third kappa shape index (κ3) is 1.56. The molecule has 0 aromatic carbocycles. The van der Waals surface area contributed by atoms with E-state index in [-0.39, 0.29) is 0 Å². The van der Waals surface area contributed by atoms with Crippen LogP contribution in [-0.4, -0.2) is 17.6 Å². The minimum atomic E-state index is 0.345. The van der Waals surface area contributed by atoms with E-state index < -0.39 is 0 Å². The molecule has 2 fully saturated rings. The minimum Gasteiger partial charge on any atom is -0.313 e. The molecular formula is C14H20N2. The van der Waals surface area contributed by atoms with E-state index in [0.717, 1.165) is 0 Å². The van der Waals surface area contributed by atoms with Crippen molar-refractivity contribution in [1.82, 2.24) is 10.3 Å². The van der Waals surface area contributed by atoms with Crippen molar-refractivity contribution >= 4 is 0 Å². The van der Waals surface area contributed by atoms with Crippen LogP contribution in [0.3, 0.4) is 0 Å². The van der Waals surface area contributed by atoms with Crippen molar-refractivity contribution in [2.75, 3.05) is 6.54 Å². The van der Waals surface area contributed by atoms with Crippen molar-refractivity contribution in [1.29, 1.82) is 0 Å². The maximum absolute atomic E-state index is 4.64. The van der Waals surface area contributed by atoms with Crippen LogP contribution in [0.4, 0.5) is 0 Å². The first-order chi connectivity index (χ1) is 7.92. The topological polar surface area (TPSA) is 24.9 Å². The lowest BCUT2D eigenvalue weighted by molar-refractivity contribution is 0.315. The minimum absolute atomic E-state index is 0.345. The Morgan fingerprint density at radius 3 is 2.69 bits per heavy atom. The van der Waals surface area contributed by atoms with Gasteiger partial charge >= 0.3 is 0 Å². The molecule has 1 N–H and O–H groups in total. The van der Waals surface area contributed by atoms with E-state index >= 15 is 0 Å². The van der Waals surface area contributed by atoms with Crippen LogP contribution in [0.5, 0.6) is 0 Å². The zero-order valence-electron chi connectivity index (χ0n) is 9.78. The third-order valence-electron chi connectivity index (χ3n) is 4.40. The van der Waals surface area contributed by atoms with E-state index in [4.69, 9.17) is 0 Å². The molecule has 86 valence electrons. The molecule has 0 bridgehead atoms. The van der Waals surface area contributed by atoms with Gasteiger partial charge in [-0.05, 0) is 44.4 Å². The summed E-state index contributed by atoms with van der Waals surface area (Å²) >= 11 is 0. The molecule has 1 unspecified atom stereocenters. The van der Waals surface area contributed by atoms with Crippen LogP contribution in [0.15, 0.2) is 24.4 Å². The second-order valence-electron chi connectivity index (χ2n) is 5.23. The smallest absolute Gasteiger partial charge is 0.0480 e. The second kappa shape index (κ2) is 4.17. The Morgan fingerprint density at radius 2 is 2.06 bits per heavy atom. The Morgan fingerprint density at radius 1 is 1.19 bits per heavy atom. The van der Waals surface area contributed by atoms with Crippen molar-refractivity contribution in [3.8, 4) is 0 Å². The van der Waals surface area contributed by atoms with E-state index in [0.29, 0.717) is 11.5 Å².